The van der Waals surface area contributed by atoms with E-state index in [1.165, 1.54) is 6.20 Å². The summed E-state index contributed by atoms with van der Waals surface area (Å²) in [6, 6.07) is 3.19. The Morgan fingerprint density at radius 2 is 2.12 bits per heavy atom. The van der Waals surface area contributed by atoms with Gasteiger partial charge < -0.3 is 9.47 Å². The lowest BCUT2D eigenvalue weighted by atomic mass is 10.2. The fraction of sp³-hybridized carbons (Fsp3) is 0.500. The highest BCUT2D eigenvalue weighted by Crippen LogP contribution is 2.16. The van der Waals surface area contributed by atoms with Crippen molar-refractivity contribution in [3.8, 4) is 5.88 Å². The molecular formula is C12H17NO3. The molecule has 0 saturated heterocycles. The molecule has 0 aromatic carbocycles. The third-order valence-corrected chi connectivity index (χ3v) is 1.66. The van der Waals surface area contributed by atoms with Crippen molar-refractivity contribution in [1.29, 1.82) is 0 Å². The summed E-state index contributed by atoms with van der Waals surface area (Å²) in [5, 5.41) is 0. The molecular weight excluding hydrogens is 206 g/mol. The van der Waals surface area contributed by atoms with Gasteiger partial charge in [-0.05, 0) is 33.8 Å². The number of carbonyl (C=O) groups is 1. The number of carbonyl (C=O) groups excluding carboxylic acids is 1. The maximum atomic E-state index is 11.5. The molecule has 0 aliphatic rings. The van der Waals surface area contributed by atoms with Crippen LogP contribution in [0.1, 0.15) is 38.1 Å². The molecule has 88 valence electrons. The average Bonchev–Trinajstić information content (AvgIpc) is 2.16. The predicted octanol–water partition coefficient (Wildman–Crippen LogP) is 2.44. The van der Waals surface area contributed by atoms with E-state index in [2.05, 4.69) is 4.98 Å². The Morgan fingerprint density at radius 3 is 2.69 bits per heavy atom. The zero-order chi connectivity index (χ0) is 12.2. The summed E-state index contributed by atoms with van der Waals surface area (Å²) in [6.07, 6.45) is 1.54. The van der Waals surface area contributed by atoms with Gasteiger partial charge >= 0.3 is 5.97 Å². The average molecular weight is 223 g/mol. The number of rotatable bonds is 3. The Morgan fingerprint density at radius 1 is 1.44 bits per heavy atom. The highest BCUT2D eigenvalue weighted by Gasteiger charge is 2.14. The molecule has 0 spiro atoms. The van der Waals surface area contributed by atoms with E-state index in [-0.39, 0.29) is 11.6 Å². The van der Waals surface area contributed by atoms with Crippen molar-refractivity contribution >= 4 is 5.97 Å². The summed E-state index contributed by atoms with van der Waals surface area (Å²) < 4.78 is 10.4. The van der Waals surface area contributed by atoms with Crippen LogP contribution in [0.3, 0.4) is 0 Å². The van der Waals surface area contributed by atoms with Gasteiger partial charge in [0.15, 0.2) is 0 Å². The molecule has 0 saturated carbocycles. The molecule has 4 nitrogen and oxygen atoms in total. The van der Waals surface area contributed by atoms with Crippen LogP contribution < -0.4 is 4.74 Å². The zero-order valence-corrected chi connectivity index (χ0v) is 10.1. The molecule has 0 aliphatic carbocycles. The predicted molar refractivity (Wildman–Crippen MR) is 60.6 cm³/mol. The monoisotopic (exact) mass is 223 g/mol. The maximum absolute atomic E-state index is 11.5. The second-order valence-electron chi connectivity index (χ2n) is 4.32. The topological polar surface area (TPSA) is 48.4 Å². The first kappa shape index (κ1) is 12.5. The summed E-state index contributed by atoms with van der Waals surface area (Å²) in [7, 11) is 0. The number of pyridine rings is 1. The minimum absolute atomic E-state index is 0.333. The first-order chi connectivity index (χ1) is 7.42. The van der Waals surface area contributed by atoms with Gasteiger partial charge in [0.25, 0.3) is 0 Å². The van der Waals surface area contributed by atoms with Crippen molar-refractivity contribution in [1.82, 2.24) is 4.98 Å². The van der Waals surface area contributed by atoms with Crippen LogP contribution in [0.5, 0.6) is 5.88 Å². The van der Waals surface area contributed by atoms with E-state index in [0.29, 0.717) is 18.1 Å². The number of hydrogen-bond donors (Lipinski definition) is 0. The van der Waals surface area contributed by atoms with Gasteiger partial charge in [0.05, 0.1) is 12.2 Å². The maximum Gasteiger partial charge on any atom is 0.338 e. The molecule has 0 bridgehead atoms. The summed E-state index contributed by atoms with van der Waals surface area (Å²) >= 11 is 0. The molecule has 0 fully saturated rings. The molecule has 0 amide bonds. The fourth-order valence-electron chi connectivity index (χ4n) is 1.12. The summed E-state index contributed by atoms with van der Waals surface area (Å²) in [4.78, 5) is 15.5. The van der Waals surface area contributed by atoms with Crippen LogP contribution in [0.2, 0.25) is 0 Å². The van der Waals surface area contributed by atoms with Gasteiger partial charge in [-0.1, -0.05) is 0 Å². The quantitative estimate of drug-likeness (QED) is 0.738. The van der Waals surface area contributed by atoms with Crippen molar-refractivity contribution in [2.75, 3.05) is 6.61 Å². The van der Waals surface area contributed by atoms with Crippen molar-refractivity contribution in [2.24, 2.45) is 0 Å². The standard InChI is InChI=1S/C12H17NO3/c1-5-15-11(14)9-6-7-13-10(8-9)16-12(2,3)4/h6-8H,5H2,1-4H3. The number of aromatic nitrogens is 1. The Bertz CT molecular complexity index is 369. The smallest absolute Gasteiger partial charge is 0.338 e. The number of nitrogens with zero attached hydrogens (tertiary/aromatic N) is 1. The van der Waals surface area contributed by atoms with Crippen molar-refractivity contribution in [2.45, 2.75) is 33.3 Å². The minimum atomic E-state index is -0.358. The Labute approximate surface area is 95.6 Å². The molecule has 4 heteroatoms. The third-order valence-electron chi connectivity index (χ3n) is 1.66. The molecule has 0 aliphatic heterocycles. The van der Waals surface area contributed by atoms with Crippen LogP contribution in [-0.2, 0) is 4.74 Å². The summed E-state index contributed by atoms with van der Waals surface area (Å²) in [5.74, 6) is 0.0710. The first-order valence-electron chi connectivity index (χ1n) is 5.24. The summed E-state index contributed by atoms with van der Waals surface area (Å²) in [6.45, 7) is 7.89. The van der Waals surface area contributed by atoms with E-state index >= 15 is 0 Å². The molecule has 0 radical (unpaired) electrons. The molecule has 0 atom stereocenters. The third kappa shape index (κ3) is 3.88. The van der Waals surface area contributed by atoms with Crippen molar-refractivity contribution in [3.05, 3.63) is 23.9 Å². The minimum Gasteiger partial charge on any atom is -0.472 e. The first-order valence-corrected chi connectivity index (χ1v) is 5.24. The van der Waals surface area contributed by atoms with Crippen LogP contribution in [0.25, 0.3) is 0 Å². The van der Waals surface area contributed by atoms with Crippen LogP contribution in [-0.4, -0.2) is 23.2 Å². The van der Waals surface area contributed by atoms with Crippen LogP contribution in [0.4, 0.5) is 0 Å². The molecule has 1 heterocycles. The highest BCUT2D eigenvalue weighted by molar-refractivity contribution is 5.89. The van der Waals surface area contributed by atoms with Gasteiger partial charge in [-0.2, -0.15) is 0 Å². The SMILES string of the molecule is CCOC(=O)c1ccnc(OC(C)(C)C)c1. The largest absolute Gasteiger partial charge is 0.472 e. The van der Waals surface area contributed by atoms with Gasteiger partial charge in [-0.25, -0.2) is 9.78 Å². The van der Waals surface area contributed by atoms with Crippen molar-refractivity contribution in [3.63, 3.8) is 0 Å². The van der Waals surface area contributed by atoms with E-state index < -0.39 is 0 Å². The van der Waals surface area contributed by atoms with Crippen LogP contribution in [0, 0.1) is 0 Å². The Kier molecular flexibility index (Phi) is 3.88. The van der Waals surface area contributed by atoms with E-state index in [4.69, 9.17) is 9.47 Å². The lowest BCUT2D eigenvalue weighted by Gasteiger charge is -2.20. The van der Waals surface area contributed by atoms with Gasteiger partial charge in [-0.15, -0.1) is 0 Å². The normalized spacial score (nSPS) is 11.0. The van der Waals surface area contributed by atoms with Gasteiger partial charge in [0.1, 0.15) is 5.60 Å². The van der Waals surface area contributed by atoms with Gasteiger partial charge in [0.2, 0.25) is 5.88 Å². The Hall–Kier alpha value is -1.58. The second kappa shape index (κ2) is 4.96. The number of esters is 1. The number of ether oxygens (including phenoxy) is 2. The summed E-state index contributed by atoms with van der Waals surface area (Å²) in [5.41, 5.74) is 0.122. The fourth-order valence-corrected chi connectivity index (χ4v) is 1.12. The van der Waals surface area contributed by atoms with E-state index in [9.17, 15) is 4.79 Å². The van der Waals surface area contributed by atoms with E-state index in [1.807, 2.05) is 20.8 Å². The van der Waals surface area contributed by atoms with Crippen LogP contribution in [0.15, 0.2) is 18.3 Å². The molecule has 0 N–H and O–H groups in total. The highest BCUT2D eigenvalue weighted by atomic mass is 16.5. The van der Waals surface area contributed by atoms with E-state index in [0.717, 1.165) is 0 Å². The molecule has 16 heavy (non-hydrogen) atoms. The van der Waals surface area contributed by atoms with Crippen molar-refractivity contribution < 1.29 is 14.3 Å². The second-order valence-corrected chi connectivity index (χ2v) is 4.32. The number of hydrogen-bond acceptors (Lipinski definition) is 4. The Balaban J connectivity index is 2.83. The molecule has 1 aromatic heterocycles. The van der Waals surface area contributed by atoms with Crippen LogP contribution >= 0.6 is 0 Å². The lowest BCUT2D eigenvalue weighted by Crippen LogP contribution is -2.23. The molecule has 0 unspecified atom stereocenters. The molecule has 1 aromatic rings. The zero-order valence-electron chi connectivity index (χ0n) is 10.1. The molecule has 1 rings (SSSR count). The van der Waals surface area contributed by atoms with Gasteiger partial charge in [0, 0.05) is 12.3 Å². The van der Waals surface area contributed by atoms with Gasteiger partial charge in [-0.3, -0.25) is 0 Å². The van der Waals surface area contributed by atoms with E-state index in [1.54, 1.807) is 19.1 Å². The lowest BCUT2D eigenvalue weighted by molar-refractivity contribution is 0.0524.